The number of halogens is 3. The van der Waals surface area contributed by atoms with Crippen molar-refractivity contribution in [1.29, 1.82) is 0 Å². The lowest BCUT2D eigenvalue weighted by molar-refractivity contribution is 0.496. The summed E-state index contributed by atoms with van der Waals surface area (Å²) < 4.78 is 39.1. The van der Waals surface area contributed by atoms with E-state index in [0.29, 0.717) is 24.9 Å². The fourth-order valence-corrected chi connectivity index (χ4v) is 1.75. The van der Waals surface area contributed by atoms with Crippen LogP contribution >= 0.6 is 0 Å². The van der Waals surface area contributed by atoms with Crippen molar-refractivity contribution in [2.75, 3.05) is 11.9 Å². The van der Waals surface area contributed by atoms with E-state index >= 15 is 0 Å². The average molecular weight is 242 g/mol. The third-order valence-corrected chi connectivity index (χ3v) is 2.66. The Kier molecular flexibility index (Phi) is 3.66. The van der Waals surface area contributed by atoms with Crippen molar-refractivity contribution in [2.45, 2.75) is 25.7 Å². The molecular weight excluding hydrogens is 229 g/mol. The Bertz CT molecular complexity index is 444. The summed E-state index contributed by atoms with van der Waals surface area (Å²) in [5.41, 5.74) is -0.0652. The number of nitrogens with zero attached hydrogens (tertiary/aromatic N) is 1. The van der Waals surface area contributed by atoms with Crippen LogP contribution in [0.3, 0.4) is 0 Å². The highest BCUT2D eigenvalue weighted by atomic mass is 19.2. The predicted octanol–water partition coefficient (Wildman–Crippen LogP) is 3.49. The molecule has 2 nitrogen and oxygen atoms in total. The number of hydrogen-bond donors (Lipinski definition) is 1. The molecule has 1 N–H and O–H groups in total. The summed E-state index contributed by atoms with van der Waals surface area (Å²) in [6.45, 7) is 0.688. The van der Waals surface area contributed by atoms with E-state index < -0.39 is 17.5 Å². The monoisotopic (exact) mass is 242 g/mol. The molecule has 0 aliphatic carbocycles. The van der Waals surface area contributed by atoms with E-state index in [9.17, 15) is 13.2 Å². The van der Waals surface area contributed by atoms with Crippen molar-refractivity contribution in [3.8, 4) is 0 Å². The van der Waals surface area contributed by atoms with Gasteiger partial charge >= 0.3 is 0 Å². The molecule has 0 unspecified atom stereocenters. The molecule has 0 saturated carbocycles. The Morgan fingerprint density at radius 2 is 1.71 bits per heavy atom. The maximum atomic E-state index is 13.4. The van der Waals surface area contributed by atoms with E-state index in [0.717, 1.165) is 25.3 Å². The molecule has 0 saturated heterocycles. The number of benzene rings is 1. The molecule has 1 aromatic carbocycles. The zero-order valence-corrected chi connectivity index (χ0v) is 9.27. The molecule has 0 atom stereocenters. The summed E-state index contributed by atoms with van der Waals surface area (Å²) in [5.74, 6) is -2.43. The molecule has 0 aromatic heterocycles. The van der Waals surface area contributed by atoms with Gasteiger partial charge in [-0.2, -0.15) is 0 Å². The average Bonchev–Trinajstić information content (AvgIpc) is 2.54. The zero-order valence-electron chi connectivity index (χ0n) is 9.27. The fraction of sp³-hybridized carbons (Fsp3) is 0.417. The molecular formula is C12H13F3N2. The van der Waals surface area contributed by atoms with Gasteiger partial charge in [-0.25, -0.2) is 13.2 Å². The Morgan fingerprint density at radius 1 is 0.941 bits per heavy atom. The van der Waals surface area contributed by atoms with Crippen LogP contribution in [0.15, 0.2) is 17.1 Å². The largest absolute Gasteiger partial charge is 0.342 e. The summed E-state index contributed by atoms with van der Waals surface area (Å²) in [6, 6.07) is 1.35. The molecule has 92 valence electrons. The van der Waals surface area contributed by atoms with Crippen LogP contribution in [-0.4, -0.2) is 12.4 Å². The number of nitrogens with one attached hydrogen (secondary N) is 1. The normalized spacial score (nSPS) is 16.3. The summed E-state index contributed by atoms with van der Waals surface area (Å²) in [7, 11) is 0. The maximum Gasteiger partial charge on any atom is 0.161 e. The van der Waals surface area contributed by atoms with Gasteiger partial charge in [0, 0.05) is 25.1 Å². The van der Waals surface area contributed by atoms with Gasteiger partial charge in [0.15, 0.2) is 11.6 Å². The lowest BCUT2D eigenvalue weighted by Gasteiger charge is -2.09. The minimum absolute atomic E-state index is 0.0652. The molecule has 1 aromatic rings. The van der Waals surface area contributed by atoms with E-state index in [1.54, 1.807) is 0 Å². The molecule has 0 radical (unpaired) electrons. The van der Waals surface area contributed by atoms with Crippen molar-refractivity contribution in [3.05, 3.63) is 29.6 Å². The van der Waals surface area contributed by atoms with Crippen LogP contribution in [0.25, 0.3) is 0 Å². The molecule has 1 aliphatic rings. The van der Waals surface area contributed by atoms with Gasteiger partial charge < -0.3 is 5.32 Å². The Balaban J connectivity index is 2.17. The Morgan fingerprint density at radius 3 is 2.53 bits per heavy atom. The molecule has 0 fully saturated rings. The van der Waals surface area contributed by atoms with Gasteiger partial charge in [-0.1, -0.05) is 6.42 Å². The van der Waals surface area contributed by atoms with Gasteiger partial charge in [0.1, 0.15) is 11.7 Å². The standard InChI is InChI=1S/C12H13F3N2/c13-8-6-10(15)11(7-9(8)14)17-12-4-2-1-3-5-16-12/h6-7H,1-5H2,(H,16,17). The van der Waals surface area contributed by atoms with Crippen LogP contribution in [-0.2, 0) is 0 Å². The van der Waals surface area contributed by atoms with Gasteiger partial charge in [-0.15, -0.1) is 0 Å². The first-order chi connectivity index (χ1) is 8.16. The highest BCUT2D eigenvalue weighted by molar-refractivity contribution is 5.95. The molecule has 5 heteroatoms. The van der Waals surface area contributed by atoms with Crippen LogP contribution in [0, 0.1) is 17.5 Å². The molecule has 0 amide bonds. The fourth-order valence-electron chi connectivity index (χ4n) is 1.75. The third kappa shape index (κ3) is 2.99. The second-order valence-corrected chi connectivity index (χ2v) is 4.01. The van der Waals surface area contributed by atoms with Gasteiger partial charge in [0.05, 0.1) is 5.69 Å². The molecule has 1 aliphatic heterocycles. The van der Waals surface area contributed by atoms with E-state index in [4.69, 9.17) is 0 Å². The van der Waals surface area contributed by atoms with Crippen molar-refractivity contribution in [2.24, 2.45) is 4.99 Å². The summed E-state index contributed by atoms with van der Waals surface area (Å²) in [4.78, 5) is 4.23. The number of aliphatic imine (C=N–C) groups is 1. The smallest absolute Gasteiger partial charge is 0.161 e. The SMILES string of the molecule is Fc1cc(F)c(NC2=NCCCCC2)cc1F. The number of rotatable bonds is 1. The molecule has 17 heavy (non-hydrogen) atoms. The van der Waals surface area contributed by atoms with Gasteiger partial charge in [-0.3, -0.25) is 4.99 Å². The van der Waals surface area contributed by atoms with Crippen molar-refractivity contribution < 1.29 is 13.2 Å². The Hall–Kier alpha value is -1.52. The van der Waals surface area contributed by atoms with Crippen LogP contribution in [0.2, 0.25) is 0 Å². The van der Waals surface area contributed by atoms with E-state index in [-0.39, 0.29) is 5.69 Å². The molecule has 0 spiro atoms. The number of anilines is 1. The number of hydrogen-bond acceptors (Lipinski definition) is 2. The number of amidine groups is 1. The van der Waals surface area contributed by atoms with Crippen molar-refractivity contribution in [1.82, 2.24) is 0 Å². The first kappa shape index (κ1) is 12.0. The van der Waals surface area contributed by atoms with Crippen molar-refractivity contribution >= 4 is 11.5 Å². The highest BCUT2D eigenvalue weighted by Crippen LogP contribution is 2.19. The second kappa shape index (κ2) is 5.21. The van der Waals surface area contributed by atoms with Gasteiger partial charge in [0.25, 0.3) is 0 Å². The minimum Gasteiger partial charge on any atom is -0.342 e. The quantitative estimate of drug-likeness (QED) is 0.749. The lowest BCUT2D eigenvalue weighted by Crippen LogP contribution is -2.13. The first-order valence-corrected chi connectivity index (χ1v) is 5.62. The van der Waals surface area contributed by atoms with Crippen LogP contribution in [0.4, 0.5) is 18.9 Å². The molecule has 2 rings (SSSR count). The van der Waals surface area contributed by atoms with Crippen LogP contribution in [0.5, 0.6) is 0 Å². The van der Waals surface area contributed by atoms with E-state index in [1.807, 2.05) is 0 Å². The van der Waals surface area contributed by atoms with E-state index in [2.05, 4.69) is 10.3 Å². The Labute approximate surface area is 97.6 Å². The minimum atomic E-state index is -1.18. The van der Waals surface area contributed by atoms with Gasteiger partial charge in [0.2, 0.25) is 0 Å². The van der Waals surface area contributed by atoms with Crippen LogP contribution in [0.1, 0.15) is 25.7 Å². The topological polar surface area (TPSA) is 24.4 Å². The van der Waals surface area contributed by atoms with E-state index in [1.165, 1.54) is 0 Å². The molecule has 0 bridgehead atoms. The predicted molar refractivity (Wildman–Crippen MR) is 60.7 cm³/mol. The third-order valence-electron chi connectivity index (χ3n) is 2.66. The summed E-state index contributed by atoms with van der Waals surface area (Å²) in [5, 5.41) is 2.73. The summed E-state index contributed by atoms with van der Waals surface area (Å²) >= 11 is 0. The lowest BCUT2D eigenvalue weighted by atomic mass is 10.2. The molecule has 1 heterocycles. The van der Waals surface area contributed by atoms with Crippen molar-refractivity contribution in [3.63, 3.8) is 0 Å². The van der Waals surface area contributed by atoms with Gasteiger partial charge in [-0.05, 0) is 12.8 Å². The highest BCUT2D eigenvalue weighted by Gasteiger charge is 2.12. The zero-order chi connectivity index (χ0) is 12.3. The maximum absolute atomic E-state index is 13.4. The first-order valence-electron chi connectivity index (χ1n) is 5.62. The second-order valence-electron chi connectivity index (χ2n) is 4.01. The summed E-state index contributed by atoms with van der Waals surface area (Å²) in [6.07, 6.45) is 3.76. The van der Waals surface area contributed by atoms with Crippen LogP contribution < -0.4 is 5.32 Å².